The molecule has 9 nitrogen and oxygen atoms in total. The molecule has 0 aliphatic rings. The molecule has 1 aromatic rings. The van der Waals surface area contributed by atoms with Crippen molar-refractivity contribution in [2.45, 2.75) is 13.8 Å². The Kier molecular flexibility index (Phi) is 8.48. The lowest BCUT2D eigenvalue weighted by atomic mass is 10.2. The number of nitrogens with zero attached hydrogens (tertiary/aromatic N) is 2. The highest BCUT2D eigenvalue weighted by molar-refractivity contribution is 6.18. The summed E-state index contributed by atoms with van der Waals surface area (Å²) in [7, 11) is 3.05. The van der Waals surface area contributed by atoms with Gasteiger partial charge in [-0.1, -0.05) is 0 Å². The lowest BCUT2D eigenvalue weighted by Gasteiger charge is -2.09. The lowest BCUT2D eigenvalue weighted by molar-refractivity contribution is -0.138. The third-order valence-corrected chi connectivity index (χ3v) is 3.03. The Hall–Kier alpha value is -3.23. The van der Waals surface area contributed by atoms with Crippen molar-refractivity contribution >= 4 is 18.0 Å². The molecule has 0 spiro atoms. The molecule has 26 heavy (non-hydrogen) atoms. The van der Waals surface area contributed by atoms with Crippen LogP contribution in [-0.2, 0) is 14.3 Å². The molecule has 0 unspecified atom stereocenters. The third-order valence-electron chi connectivity index (χ3n) is 3.03. The van der Waals surface area contributed by atoms with E-state index in [1.165, 1.54) is 13.3 Å². The first-order valence-corrected chi connectivity index (χ1v) is 7.80. The average Bonchev–Trinajstić information content (AvgIpc) is 2.62. The summed E-state index contributed by atoms with van der Waals surface area (Å²) in [5.74, 6) is -0.754. The fourth-order valence-corrected chi connectivity index (χ4v) is 1.84. The first-order chi connectivity index (χ1) is 12.5. The Labute approximate surface area is 151 Å². The second kappa shape index (κ2) is 10.6. The molecule has 0 aliphatic heterocycles. The molecule has 0 heterocycles. The maximum absolute atomic E-state index is 11.9. The number of carbonyl (C=O) groups is 1. The molecule has 3 N–H and O–H groups in total. The zero-order chi connectivity index (χ0) is 19.5. The van der Waals surface area contributed by atoms with Gasteiger partial charge in [-0.2, -0.15) is 5.10 Å². The van der Waals surface area contributed by atoms with E-state index in [1.807, 2.05) is 0 Å². The topological polar surface area (TPSA) is 125 Å². The molecule has 0 fully saturated rings. The van der Waals surface area contributed by atoms with Crippen LogP contribution in [0.1, 0.15) is 19.4 Å². The van der Waals surface area contributed by atoms with Gasteiger partial charge in [0.25, 0.3) is 5.95 Å². The molecule has 9 heteroatoms. The maximum Gasteiger partial charge on any atom is 0.349 e. The van der Waals surface area contributed by atoms with Gasteiger partial charge < -0.3 is 29.8 Å². The second-order valence-electron chi connectivity index (χ2n) is 4.67. The molecule has 142 valence electrons. The van der Waals surface area contributed by atoms with Crippen molar-refractivity contribution < 1.29 is 28.8 Å². The van der Waals surface area contributed by atoms with Gasteiger partial charge >= 0.3 is 5.97 Å². The number of esters is 1. The fraction of sp³-hybridized carbons (Fsp3) is 0.353. The molecule has 0 saturated carbocycles. The average molecular weight is 365 g/mol. The van der Waals surface area contributed by atoms with Crippen LogP contribution in [0, 0.1) is 0 Å². The molecule has 0 amide bonds. The number of aliphatic hydroxyl groups is 1. The largest absolute Gasteiger partial charge is 0.497 e. The highest BCUT2D eigenvalue weighted by Crippen LogP contribution is 2.23. The molecule has 0 atom stereocenters. The molecule has 0 saturated heterocycles. The number of amidine groups is 1. The predicted molar refractivity (Wildman–Crippen MR) is 96.7 cm³/mol. The van der Waals surface area contributed by atoms with Gasteiger partial charge in [0.2, 0.25) is 0 Å². The quantitative estimate of drug-likeness (QED) is 0.171. The van der Waals surface area contributed by atoms with Gasteiger partial charge in [0, 0.05) is 11.6 Å². The molecule has 1 rings (SSSR count). The van der Waals surface area contributed by atoms with Crippen molar-refractivity contribution in [3.05, 3.63) is 35.3 Å². The van der Waals surface area contributed by atoms with Crippen molar-refractivity contribution in [1.29, 1.82) is 0 Å². The summed E-state index contributed by atoms with van der Waals surface area (Å²) in [6.45, 7) is 3.49. The molecule has 0 aliphatic carbocycles. The molecular formula is C17H23N3O6. The Morgan fingerprint density at radius 1 is 1.19 bits per heavy atom. The van der Waals surface area contributed by atoms with Crippen LogP contribution in [0.3, 0.4) is 0 Å². The third kappa shape index (κ3) is 5.69. The van der Waals surface area contributed by atoms with Gasteiger partial charge in [-0.15, -0.1) is 5.10 Å². The minimum absolute atomic E-state index is 0.0985. The fourth-order valence-electron chi connectivity index (χ4n) is 1.84. The van der Waals surface area contributed by atoms with Crippen molar-refractivity contribution in [3.63, 3.8) is 0 Å². The van der Waals surface area contributed by atoms with Gasteiger partial charge in [-0.05, 0) is 26.0 Å². The number of methoxy groups -OCH3 is 2. The summed E-state index contributed by atoms with van der Waals surface area (Å²) in [6.07, 6.45) is 1.38. The summed E-state index contributed by atoms with van der Waals surface area (Å²) in [6, 6.07) is 5.12. The smallest absolute Gasteiger partial charge is 0.349 e. The predicted octanol–water partition coefficient (Wildman–Crippen LogP) is 1.76. The van der Waals surface area contributed by atoms with Crippen LogP contribution in [0.4, 0.5) is 0 Å². The Morgan fingerprint density at radius 2 is 1.88 bits per heavy atom. The van der Waals surface area contributed by atoms with Gasteiger partial charge in [0.1, 0.15) is 11.5 Å². The summed E-state index contributed by atoms with van der Waals surface area (Å²) < 4.78 is 20.1. The summed E-state index contributed by atoms with van der Waals surface area (Å²) in [4.78, 5) is 11.9. The van der Waals surface area contributed by atoms with Crippen LogP contribution in [0.25, 0.3) is 0 Å². The van der Waals surface area contributed by atoms with Gasteiger partial charge in [0.15, 0.2) is 11.4 Å². The van der Waals surface area contributed by atoms with E-state index in [0.29, 0.717) is 17.1 Å². The van der Waals surface area contributed by atoms with Gasteiger partial charge in [-0.25, -0.2) is 4.79 Å². The number of hydrogen-bond donors (Lipinski definition) is 2. The zero-order valence-electron chi connectivity index (χ0n) is 15.2. The Morgan fingerprint density at radius 3 is 2.46 bits per heavy atom. The monoisotopic (exact) mass is 365 g/mol. The van der Waals surface area contributed by atoms with Crippen molar-refractivity contribution in [3.8, 4) is 11.5 Å². The van der Waals surface area contributed by atoms with Crippen LogP contribution in [-0.4, -0.2) is 50.6 Å². The molecule has 0 aromatic heterocycles. The summed E-state index contributed by atoms with van der Waals surface area (Å²) in [5.41, 5.74) is 5.96. The standard InChI is InChI=1S/C17H23N3O6/c1-5-25-16(21)14(17(22)26-6-2)15(18)20-19-10-11-7-8-12(23-3)9-13(11)24-4/h7-10,21H,5-6H2,1-4H3,(H2,18,20)/b16-14+,19-10+. The Balaban J connectivity index is 3.12. The van der Waals surface area contributed by atoms with E-state index in [2.05, 4.69) is 10.2 Å². The van der Waals surface area contributed by atoms with Crippen LogP contribution in [0.15, 0.2) is 39.9 Å². The van der Waals surface area contributed by atoms with Crippen LogP contribution in [0.2, 0.25) is 0 Å². The van der Waals surface area contributed by atoms with E-state index in [9.17, 15) is 9.90 Å². The van der Waals surface area contributed by atoms with Crippen molar-refractivity contribution in [2.75, 3.05) is 27.4 Å². The molecular weight excluding hydrogens is 342 g/mol. The number of aliphatic hydroxyl groups excluding tert-OH is 1. The number of ether oxygens (including phenoxy) is 4. The van der Waals surface area contributed by atoms with Crippen LogP contribution < -0.4 is 15.2 Å². The zero-order valence-corrected chi connectivity index (χ0v) is 15.2. The first kappa shape index (κ1) is 20.8. The van der Waals surface area contributed by atoms with Crippen molar-refractivity contribution in [2.24, 2.45) is 15.9 Å². The number of hydrogen-bond acceptors (Lipinski definition) is 8. The second-order valence-corrected chi connectivity index (χ2v) is 4.67. The van der Waals surface area contributed by atoms with Crippen LogP contribution >= 0.6 is 0 Å². The number of nitrogens with two attached hydrogens (primary N) is 1. The van der Waals surface area contributed by atoms with Gasteiger partial charge in [-0.3, -0.25) is 0 Å². The minimum Gasteiger partial charge on any atom is -0.497 e. The number of carbonyl (C=O) groups excluding carboxylic acids is 1. The van der Waals surface area contributed by atoms with Crippen LogP contribution in [0.5, 0.6) is 11.5 Å². The van der Waals surface area contributed by atoms with E-state index in [1.54, 1.807) is 39.2 Å². The van der Waals surface area contributed by atoms with Gasteiger partial charge in [0.05, 0.1) is 33.6 Å². The summed E-state index contributed by atoms with van der Waals surface area (Å²) in [5, 5.41) is 17.4. The van der Waals surface area contributed by atoms with E-state index in [-0.39, 0.29) is 19.0 Å². The van der Waals surface area contributed by atoms with E-state index < -0.39 is 17.5 Å². The van der Waals surface area contributed by atoms with Crippen molar-refractivity contribution in [1.82, 2.24) is 0 Å². The number of benzene rings is 1. The molecule has 1 aromatic carbocycles. The Bertz CT molecular complexity index is 712. The lowest BCUT2D eigenvalue weighted by Crippen LogP contribution is -2.25. The summed E-state index contributed by atoms with van der Waals surface area (Å²) >= 11 is 0. The minimum atomic E-state index is -0.864. The number of rotatable bonds is 9. The highest BCUT2D eigenvalue weighted by atomic mass is 16.6. The maximum atomic E-state index is 11.9. The normalized spacial score (nSPS) is 12.5. The van der Waals surface area contributed by atoms with E-state index in [0.717, 1.165) is 0 Å². The molecule has 0 bridgehead atoms. The van der Waals surface area contributed by atoms with E-state index >= 15 is 0 Å². The SMILES string of the molecule is CCOC(=O)C(/C(N)=N\N=C\c1ccc(OC)cc1OC)=C(\O)OCC. The molecule has 0 radical (unpaired) electrons. The first-order valence-electron chi connectivity index (χ1n) is 7.80. The van der Waals surface area contributed by atoms with E-state index in [4.69, 9.17) is 24.7 Å². The highest BCUT2D eigenvalue weighted by Gasteiger charge is 2.22.